The van der Waals surface area contributed by atoms with E-state index < -0.39 is 0 Å². The number of rotatable bonds is 0. The predicted octanol–water partition coefficient (Wildman–Crippen LogP) is 3.29. The van der Waals surface area contributed by atoms with Crippen LogP contribution in [0.5, 0.6) is 0 Å². The quantitative estimate of drug-likeness (QED) is 0.628. The maximum atomic E-state index is 12.4. The first kappa shape index (κ1) is 9.14. The van der Waals surface area contributed by atoms with E-state index in [0.29, 0.717) is 5.78 Å². The van der Waals surface area contributed by atoms with E-state index >= 15 is 0 Å². The zero-order chi connectivity index (χ0) is 10.5. The third-order valence-corrected chi connectivity index (χ3v) is 4.21. The lowest BCUT2D eigenvalue weighted by Gasteiger charge is -2.19. The first-order valence-electron chi connectivity index (χ1n) is 5.86. The molecule has 78 valence electrons. The number of carbonyl (C=O) groups is 1. The van der Waals surface area contributed by atoms with Gasteiger partial charge in [0.05, 0.1) is 0 Å². The molecule has 1 saturated carbocycles. The first-order chi connectivity index (χ1) is 7.23. The largest absolute Gasteiger partial charge is 0.294 e. The van der Waals surface area contributed by atoms with E-state index in [1.165, 1.54) is 24.0 Å². The van der Waals surface area contributed by atoms with Crippen LogP contribution in [0.15, 0.2) is 18.2 Å². The summed E-state index contributed by atoms with van der Waals surface area (Å²) in [4.78, 5) is 12.4. The fraction of sp³-hybridized carbons (Fsp3) is 0.500. The summed E-state index contributed by atoms with van der Waals surface area (Å²) in [6.45, 7) is 2.13. The lowest BCUT2D eigenvalue weighted by Crippen LogP contribution is -2.23. The van der Waals surface area contributed by atoms with Crippen molar-refractivity contribution in [2.75, 3.05) is 0 Å². The van der Waals surface area contributed by atoms with Crippen molar-refractivity contribution < 1.29 is 4.79 Å². The van der Waals surface area contributed by atoms with E-state index in [1.54, 1.807) is 0 Å². The molecule has 0 heterocycles. The number of hydrogen-bond donors (Lipinski definition) is 0. The number of benzene rings is 1. The molecule has 0 atom stereocenters. The molecule has 1 nitrogen and oxygen atoms in total. The summed E-state index contributed by atoms with van der Waals surface area (Å²) in [7, 11) is 0. The van der Waals surface area contributed by atoms with E-state index in [-0.39, 0.29) is 5.41 Å². The molecule has 2 aliphatic carbocycles. The molecule has 0 N–H and O–H groups in total. The summed E-state index contributed by atoms with van der Waals surface area (Å²) in [5, 5.41) is 0. The molecule has 0 aromatic heterocycles. The normalized spacial score (nSPS) is 22.3. The van der Waals surface area contributed by atoms with Gasteiger partial charge in [0.15, 0.2) is 5.78 Å². The SMILES string of the molecule is Cc1cccc2c1CC1(CCCC1)C2=O. The Kier molecular flexibility index (Phi) is 1.79. The minimum Gasteiger partial charge on any atom is -0.294 e. The Bertz CT molecular complexity index is 425. The molecule has 3 rings (SSSR count). The fourth-order valence-electron chi connectivity index (χ4n) is 3.31. The van der Waals surface area contributed by atoms with Gasteiger partial charge in [-0.05, 0) is 37.3 Å². The van der Waals surface area contributed by atoms with Crippen molar-refractivity contribution >= 4 is 5.78 Å². The van der Waals surface area contributed by atoms with Crippen LogP contribution in [0.1, 0.15) is 47.2 Å². The van der Waals surface area contributed by atoms with E-state index in [1.807, 2.05) is 12.1 Å². The molecule has 1 spiro atoms. The van der Waals surface area contributed by atoms with Crippen molar-refractivity contribution in [2.45, 2.75) is 39.0 Å². The highest BCUT2D eigenvalue weighted by atomic mass is 16.1. The van der Waals surface area contributed by atoms with Gasteiger partial charge < -0.3 is 0 Å². The van der Waals surface area contributed by atoms with Crippen LogP contribution in [0.2, 0.25) is 0 Å². The molecule has 1 heteroatoms. The highest BCUT2D eigenvalue weighted by molar-refractivity contribution is 6.05. The van der Waals surface area contributed by atoms with Crippen LogP contribution in [0.3, 0.4) is 0 Å². The number of carbonyl (C=O) groups excluding carboxylic acids is 1. The lowest BCUT2D eigenvalue weighted by atomic mass is 9.82. The molecule has 15 heavy (non-hydrogen) atoms. The van der Waals surface area contributed by atoms with Crippen molar-refractivity contribution in [1.82, 2.24) is 0 Å². The first-order valence-corrected chi connectivity index (χ1v) is 5.86. The molecule has 0 amide bonds. The zero-order valence-electron chi connectivity index (χ0n) is 9.18. The Labute approximate surface area is 90.5 Å². The van der Waals surface area contributed by atoms with Crippen molar-refractivity contribution in [1.29, 1.82) is 0 Å². The summed E-state index contributed by atoms with van der Waals surface area (Å²) in [5.41, 5.74) is 3.64. The number of ketones is 1. The average Bonchev–Trinajstić information content (AvgIpc) is 2.79. The Balaban J connectivity index is 2.12. The molecule has 1 aromatic carbocycles. The summed E-state index contributed by atoms with van der Waals surface area (Å²) in [5.74, 6) is 0.429. The van der Waals surface area contributed by atoms with Gasteiger partial charge in [0.1, 0.15) is 0 Å². The van der Waals surface area contributed by atoms with E-state index in [2.05, 4.69) is 13.0 Å². The van der Waals surface area contributed by atoms with Gasteiger partial charge in [0.25, 0.3) is 0 Å². The molecular weight excluding hydrogens is 184 g/mol. The number of Topliss-reactive ketones (excluding diaryl/α,β-unsaturated/α-hetero) is 1. The topological polar surface area (TPSA) is 17.1 Å². The Hall–Kier alpha value is -1.11. The molecule has 0 aliphatic heterocycles. The maximum absolute atomic E-state index is 12.4. The minimum absolute atomic E-state index is 0.00838. The van der Waals surface area contributed by atoms with Crippen LogP contribution < -0.4 is 0 Å². The standard InChI is InChI=1S/C14H16O/c1-10-5-4-6-11-12(10)9-14(13(11)15)7-2-3-8-14/h4-6H,2-3,7-9H2,1H3. The van der Waals surface area contributed by atoms with Crippen LogP contribution in [-0.4, -0.2) is 5.78 Å². The van der Waals surface area contributed by atoms with Gasteiger partial charge in [-0.25, -0.2) is 0 Å². The summed E-state index contributed by atoms with van der Waals surface area (Å²) in [6.07, 6.45) is 5.70. The van der Waals surface area contributed by atoms with Gasteiger partial charge in [0, 0.05) is 11.0 Å². The maximum Gasteiger partial charge on any atom is 0.169 e. The van der Waals surface area contributed by atoms with E-state index in [4.69, 9.17) is 0 Å². The van der Waals surface area contributed by atoms with Gasteiger partial charge in [-0.15, -0.1) is 0 Å². The van der Waals surface area contributed by atoms with E-state index in [0.717, 1.165) is 24.8 Å². The summed E-state index contributed by atoms with van der Waals surface area (Å²) in [6, 6.07) is 6.15. The van der Waals surface area contributed by atoms with Crippen LogP contribution in [-0.2, 0) is 6.42 Å². The second-order valence-corrected chi connectivity index (χ2v) is 5.09. The van der Waals surface area contributed by atoms with Gasteiger partial charge >= 0.3 is 0 Å². The summed E-state index contributed by atoms with van der Waals surface area (Å²) < 4.78 is 0. The van der Waals surface area contributed by atoms with Crippen molar-refractivity contribution in [3.63, 3.8) is 0 Å². The summed E-state index contributed by atoms with van der Waals surface area (Å²) >= 11 is 0. The molecule has 1 fully saturated rings. The number of aryl methyl sites for hydroxylation is 1. The second kappa shape index (κ2) is 2.94. The minimum atomic E-state index is 0.00838. The molecular formula is C14H16O. The highest BCUT2D eigenvalue weighted by Gasteiger charge is 2.47. The second-order valence-electron chi connectivity index (χ2n) is 5.09. The van der Waals surface area contributed by atoms with Crippen LogP contribution in [0.25, 0.3) is 0 Å². The third kappa shape index (κ3) is 1.12. The Morgan fingerprint density at radius 3 is 2.60 bits per heavy atom. The average molecular weight is 200 g/mol. The molecule has 0 bridgehead atoms. The Morgan fingerprint density at radius 1 is 1.20 bits per heavy atom. The van der Waals surface area contributed by atoms with Gasteiger partial charge in [-0.1, -0.05) is 31.0 Å². The third-order valence-electron chi connectivity index (χ3n) is 4.21. The molecule has 1 aromatic rings. The lowest BCUT2D eigenvalue weighted by molar-refractivity contribution is 0.0827. The molecule has 2 aliphatic rings. The Morgan fingerprint density at radius 2 is 1.93 bits per heavy atom. The van der Waals surface area contributed by atoms with Gasteiger partial charge in [-0.2, -0.15) is 0 Å². The monoisotopic (exact) mass is 200 g/mol. The van der Waals surface area contributed by atoms with E-state index in [9.17, 15) is 4.79 Å². The van der Waals surface area contributed by atoms with Crippen molar-refractivity contribution in [3.8, 4) is 0 Å². The van der Waals surface area contributed by atoms with Crippen molar-refractivity contribution in [2.24, 2.45) is 5.41 Å². The van der Waals surface area contributed by atoms with Gasteiger partial charge in [-0.3, -0.25) is 4.79 Å². The molecule has 0 unspecified atom stereocenters. The van der Waals surface area contributed by atoms with Crippen LogP contribution >= 0.6 is 0 Å². The van der Waals surface area contributed by atoms with Gasteiger partial charge in [0.2, 0.25) is 0 Å². The fourth-order valence-corrected chi connectivity index (χ4v) is 3.31. The molecule has 0 saturated heterocycles. The van der Waals surface area contributed by atoms with Crippen LogP contribution in [0, 0.1) is 12.3 Å². The zero-order valence-corrected chi connectivity index (χ0v) is 9.18. The smallest absolute Gasteiger partial charge is 0.169 e. The predicted molar refractivity (Wildman–Crippen MR) is 60.1 cm³/mol. The van der Waals surface area contributed by atoms with Crippen molar-refractivity contribution in [3.05, 3.63) is 34.9 Å². The number of hydrogen-bond acceptors (Lipinski definition) is 1. The number of fused-ring (bicyclic) bond motifs is 1. The van der Waals surface area contributed by atoms with Crippen LogP contribution in [0.4, 0.5) is 0 Å². The highest BCUT2D eigenvalue weighted by Crippen LogP contribution is 2.49. The molecule has 0 radical (unpaired) electrons.